The van der Waals surface area contributed by atoms with Crippen LogP contribution in [0.3, 0.4) is 0 Å². The van der Waals surface area contributed by atoms with Crippen molar-refractivity contribution in [2.24, 2.45) is 4.99 Å². The molecule has 0 bridgehead atoms. The second-order valence-electron chi connectivity index (χ2n) is 14.5. The van der Waals surface area contributed by atoms with Crippen LogP contribution < -0.4 is 14.4 Å². The molecular formula is C35H44F3N5O8S2. The Bertz CT molecular complexity index is 2010. The fraction of sp³-hybridized carbons (Fsp3) is 0.514. The largest absolute Gasteiger partial charge is 0.573 e. The van der Waals surface area contributed by atoms with Crippen molar-refractivity contribution in [1.29, 1.82) is 0 Å². The number of alkyl halides is 3. The number of nitrogens with one attached hydrogen (secondary N) is 1. The molecule has 0 unspecified atom stereocenters. The van der Waals surface area contributed by atoms with Crippen molar-refractivity contribution in [3.05, 3.63) is 64.1 Å². The number of hydrogen-bond donors (Lipinski definition) is 1. The Labute approximate surface area is 307 Å². The van der Waals surface area contributed by atoms with Crippen LogP contribution in [0.5, 0.6) is 5.75 Å². The van der Waals surface area contributed by atoms with Crippen LogP contribution >= 0.6 is 0 Å². The number of ether oxygens (including phenoxy) is 2. The molecule has 13 nitrogen and oxygen atoms in total. The number of piperidine rings is 2. The number of likely N-dealkylation sites (tertiary alicyclic amines) is 1. The van der Waals surface area contributed by atoms with E-state index in [-0.39, 0.29) is 37.3 Å². The van der Waals surface area contributed by atoms with Crippen molar-refractivity contribution >= 4 is 49.6 Å². The standard InChI is InChI=1S/C35H44F3N5O8S2/c1-23-20-27(43(52(6,46)47)26-10-15-41(16-11-26)32(45)51-33(3,4)5)21-24(2)29(23)12-19-53(48,49)42-17-13-34(14-18-42)31(44)39-30(40-34)25-8-7-9-28(22-25)50-35(36,37)38/h7-9,12,19-22,26H,10-11,13-18H2,1-6H3,(H,39,40,44)/b19-12+. The molecule has 2 fully saturated rings. The molecule has 290 valence electrons. The molecule has 0 saturated carbocycles. The van der Waals surface area contributed by atoms with Crippen LogP contribution in [0.15, 0.2) is 46.8 Å². The highest BCUT2D eigenvalue weighted by Gasteiger charge is 2.47. The Kier molecular flexibility index (Phi) is 11.0. The van der Waals surface area contributed by atoms with Crippen LogP contribution in [0.1, 0.15) is 68.7 Å². The molecule has 1 N–H and O–H groups in total. The molecule has 3 aliphatic rings. The Morgan fingerprint density at radius 3 is 2.15 bits per heavy atom. The minimum absolute atomic E-state index is 0.0267. The van der Waals surface area contributed by atoms with E-state index in [9.17, 15) is 39.6 Å². The molecule has 5 rings (SSSR count). The van der Waals surface area contributed by atoms with Gasteiger partial charge in [-0.1, -0.05) is 12.1 Å². The van der Waals surface area contributed by atoms with Gasteiger partial charge in [0.05, 0.1) is 11.9 Å². The van der Waals surface area contributed by atoms with Crippen LogP contribution in [-0.2, 0) is 29.6 Å². The number of carbonyl (C=O) groups is 2. The van der Waals surface area contributed by atoms with E-state index in [4.69, 9.17) is 4.74 Å². The van der Waals surface area contributed by atoms with Gasteiger partial charge >= 0.3 is 12.5 Å². The zero-order chi connectivity index (χ0) is 39.1. The lowest BCUT2D eigenvalue weighted by molar-refractivity contribution is -0.274. The van der Waals surface area contributed by atoms with Gasteiger partial charge in [0.15, 0.2) is 0 Å². The average molecular weight is 784 g/mol. The number of amidine groups is 1. The topological polar surface area (TPSA) is 155 Å². The molecule has 0 atom stereocenters. The van der Waals surface area contributed by atoms with Gasteiger partial charge in [0.25, 0.3) is 5.91 Å². The highest BCUT2D eigenvalue weighted by Crippen LogP contribution is 2.35. The normalized spacial score (nSPS) is 19.0. The molecule has 1 spiro atoms. The number of aliphatic imine (C=N–C) groups is 1. The summed E-state index contributed by atoms with van der Waals surface area (Å²) < 4.78 is 103. The summed E-state index contributed by atoms with van der Waals surface area (Å²) in [6.07, 6.45) is -1.82. The molecule has 2 aromatic carbocycles. The number of sulfonamides is 2. The monoisotopic (exact) mass is 783 g/mol. The number of rotatable bonds is 8. The summed E-state index contributed by atoms with van der Waals surface area (Å²) in [5.74, 6) is -0.856. The van der Waals surface area contributed by atoms with Crippen LogP contribution in [-0.4, -0.2) is 99.9 Å². The number of amides is 2. The third kappa shape index (κ3) is 9.51. The van der Waals surface area contributed by atoms with Crippen molar-refractivity contribution < 1.29 is 49.1 Å². The van der Waals surface area contributed by atoms with E-state index < -0.39 is 61.3 Å². The summed E-state index contributed by atoms with van der Waals surface area (Å²) in [7, 11) is -7.69. The fourth-order valence-electron chi connectivity index (χ4n) is 6.81. The molecule has 2 amide bonds. The van der Waals surface area contributed by atoms with Crippen molar-refractivity contribution in [3.8, 4) is 5.75 Å². The maximum absolute atomic E-state index is 13.4. The predicted octanol–water partition coefficient (Wildman–Crippen LogP) is 5.08. The molecule has 0 radical (unpaired) electrons. The van der Waals surface area contributed by atoms with E-state index in [1.54, 1.807) is 51.7 Å². The van der Waals surface area contributed by atoms with Crippen molar-refractivity contribution in [1.82, 2.24) is 14.5 Å². The third-order valence-electron chi connectivity index (χ3n) is 9.28. The van der Waals surface area contributed by atoms with Gasteiger partial charge in [-0.05, 0) is 107 Å². The Morgan fingerprint density at radius 2 is 1.60 bits per heavy atom. The van der Waals surface area contributed by atoms with E-state index in [0.717, 1.165) is 23.8 Å². The molecule has 2 aromatic rings. The van der Waals surface area contributed by atoms with Gasteiger partial charge in [-0.25, -0.2) is 21.6 Å². The lowest BCUT2D eigenvalue weighted by atomic mass is 9.89. The zero-order valence-corrected chi connectivity index (χ0v) is 32.0. The van der Waals surface area contributed by atoms with Crippen LogP contribution in [0.4, 0.5) is 23.7 Å². The average Bonchev–Trinajstić information content (AvgIpc) is 3.34. The van der Waals surface area contributed by atoms with Crippen molar-refractivity contribution in [2.45, 2.75) is 83.8 Å². The first-order valence-corrected chi connectivity index (χ1v) is 20.4. The first kappa shape index (κ1) is 40.0. The van der Waals surface area contributed by atoms with Gasteiger partial charge in [-0.3, -0.25) is 14.1 Å². The minimum atomic E-state index is -4.89. The van der Waals surface area contributed by atoms with Gasteiger partial charge in [0.2, 0.25) is 20.0 Å². The van der Waals surface area contributed by atoms with E-state index in [0.29, 0.717) is 48.3 Å². The van der Waals surface area contributed by atoms with Gasteiger partial charge in [-0.2, -0.15) is 4.31 Å². The molecular weight excluding hydrogens is 740 g/mol. The lowest BCUT2D eigenvalue weighted by Gasteiger charge is -2.39. The number of anilines is 1. The Morgan fingerprint density at radius 1 is 1.00 bits per heavy atom. The number of nitrogens with zero attached hydrogens (tertiary/aromatic N) is 4. The summed E-state index contributed by atoms with van der Waals surface area (Å²) in [4.78, 5) is 31.7. The van der Waals surface area contributed by atoms with E-state index >= 15 is 0 Å². The highest BCUT2D eigenvalue weighted by atomic mass is 32.2. The van der Waals surface area contributed by atoms with E-state index in [1.165, 1.54) is 26.8 Å². The minimum Gasteiger partial charge on any atom is -0.444 e. The fourth-order valence-corrected chi connectivity index (χ4v) is 9.22. The second kappa shape index (κ2) is 14.6. The maximum Gasteiger partial charge on any atom is 0.573 e. The van der Waals surface area contributed by atoms with Gasteiger partial charge in [0.1, 0.15) is 22.7 Å². The molecule has 0 aliphatic carbocycles. The second-order valence-corrected chi connectivity index (χ2v) is 18.2. The quantitative estimate of drug-likeness (QED) is 0.389. The number of hydrogen-bond acceptors (Lipinski definition) is 9. The highest BCUT2D eigenvalue weighted by molar-refractivity contribution is 7.92. The smallest absolute Gasteiger partial charge is 0.444 e. The van der Waals surface area contributed by atoms with Gasteiger partial charge in [-0.15, -0.1) is 13.2 Å². The van der Waals surface area contributed by atoms with E-state index in [2.05, 4.69) is 15.0 Å². The van der Waals surface area contributed by atoms with Gasteiger partial charge < -0.3 is 19.7 Å². The number of halogens is 3. The summed E-state index contributed by atoms with van der Waals surface area (Å²) in [5.41, 5.74) is 0.633. The molecule has 0 aromatic heterocycles. The van der Waals surface area contributed by atoms with Gasteiger partial charge in [0, 0.05) is 43.2 Å². The summed E-state index contributed by atoms with van der Waals surface area (Å²) in [6, 6.07) is 8.07. The summed E-state index contributed by atoms with van der Waals surface area (Å²) >= 11 is 0. The van der Waals surface area contributed by atoms with Crippen LogP contribution in [0.2, 0.25) is 0 Å². The SMILES string of the molecule is Cc1cc(N(C2CCN(C(=O)OC(C)(C)C)CC2)S(C)(=O)=O)cc(C)c1/C=C/S(=O)(=O)N1CCC2(CC1)N=C(c1cccc(OC(F)(F)F)c1)NC2=O. The van der Waals surface area contributed by atoms with E-state index in [1.807, 2.05) is 0 Å². The first-order valence-electron chi connectivity index (χ1n) is 17.0. The lowest BCUT2D eigenvalue weighted by Crippen LogP contribution is -2.50. The third-order valence-corrected chi connectivity index (χ3v) is 12.1. The van der Waals surface area contributed by atoms with Crippen molar-refractivity contribution in [3.63, 3.8) is 0 Å². The van der Waals surface area contributed by atoms with Crippen LogP contribution in [0.25, 0.3) is 6.08 Å². The molecule has 18 heteroatoms. The maximum atomic E-state index is 13.4. The van der Waals surface area contributed by atoms with Crippen LogP contribution in [0, 0.1) is 13.8 Å². The zero-order valence-electron chi connectivity index (χ0n) is 30.4. The molecule has 3 heterocycles. The number of carbonyl (C=O) groups excluding carboxylic acids is 2. The Balaban J connectivity index is 1.27. The Hall–Kier alpha value is -4.16. The number of benzene rings is 2. The van der Waals surface area contributed by atoms with Crippen molar-refractivity contribution in [2.75, 3.05) is 36.7 Å². The predicted molar refractivity (Wildman–Crippen MR) is 193 cm³/mol. The molecule has 53 heavy (non-hydrogen) atoms. The number of aryl methyl sites for hydroxylation is 2. The summed E-state index contributed by atoms with van der Waals surface area (Å²) in [5, 5.41) is 3.70. The molecule has 3 aliphatic heterocycles. The molecule has 2 saturated heterocycles. The first-order chi connectivity index (χ1) is 24.5. The summed E-state index contributed by atoms with van der Waals surface area (Å²) in [6.45, 7) is 9.46.